The predicted molar refractivity (Wildman–Crippen MR) is 121 cm³/mol. The lowest BCUT2D eigenvalue weighted by Crippen LogP contribution is -2.42. The van der Waals surface area contributed by atoms with E-state index in [9.17, 15) is 28.8 Å². The van der Waals surface area contributed by atoms with Crippen molar-refractivity contribution in [3.8, 4) is 11.8 Å². The quantitative estimate of drug-likeness (QED) is 0.250. The molecule has 3 rings (SSSR count). The third kappa shape index (κ3) is 6.34. The number of H-pyrrole nitrogens is 1. The Labute approximate surface area is 204 Å². The van der Waals surface area contributed by atoms with E-state index >= 15 is 0 Å². The van der Waals surface area contributed by atoms with E-state index in [4.69, 9.17) is 18.9 Å². The van der Waals surface area contributed by atoms with Crippen LogP contribution in [0.3, 0.4) is 0 Å². The first-order valence-electron chi connectivity index (χ1n) is 10.6. The summed E-state index contributed by atoms with van der Waals surface area (Å²) in [6.07, 6.45) is -3.18. The van der Waals surface area contributed by atoms with Gasteiger partial charge in [-0.05, 0) is 12.1 Å². The number of nitrogens with one attached hydrogen (secondary N) is 1. The molecule has 36 heavy (non-hydrogen) atoms. The molecule has 1 N–H and O–H groups in total. The maximum absolute atomic E-state index is 12.7. The number of hydrogen-bond acceptors (Lipinski definition) is 10. The van der Waals surface area contributed by atoms with E-state index in [-0.39, 0.29) is 12.2 Å². The summed E-state index contributed by atoms with van der Waals surface area (Å²) in [5.41, 5.74) is -0.843. The van der Waals surface area contributed by atoms with Crippen molar-refractivity contribution in [2.45, 2.75) is 45.3 Å². The van der Waals surface area contributed by atoms with Crippen LogP contribution in [0.15, 0.2) is 40.1 Å². The minimum atomic E-state index is -1.35. The van der Waals surface area contributed by atoms with Gasteiger partial charge in [0.25, 0.3) is 5.56 Å². The molecule has 4 atom stereocenters. The van der Waals surface area contributed by atoms with Crippen LogP contribution < -0.4 is 11.2 Å². The van der Waals surface area contributed by atoms with Crippen LogP contribution >= 0.6 is 0 Å². The minimum absolute atomic E-state index is 0.119. The maximum atomic E-state index is 12.7. The molecule has 0 spiro atoms. The van der Waals surface area contributed by atoms with E-state index < -0.39 is 53.7 Å². The van der Waals surface area contributed by atoms with Gasteiger partial charge in [0, 0.05) is 38.1 Å². The van der Waals surface area contributed by atoms with Crippen LogP contribution in [0.5, 0.6) is 0 Å². The van der Waals surface area contributed by atoms with Gasteiger partial charge in [-0.25, -0.2) is 4.79 Å². The number of rotatable bonds is 6. The summed E-state index contributed by atoms with van der Waals surface area (Å²) in [6.45, 7) is 3.05. The van der Waals surface area contributed by atoms with E-state index in [0.717, 1.165) is 24.6 Å². The van der Waals surface area contributed by atoms with E-state index in [1.54, 1.807) is 24.3 Å². The molecule has 0 amide bonds. The summed E-state index contributed by atoms with van der Waals surface area (Å²) in [5, 5.41) is 0. The van der Waals surface area contributed by atoms with Gasteiger partial charge in [0.1, 0.15) is 24.6 Å². The van der Waals surface area contributed by atoms with E-state index in [0.29, 0.717) is 17.4 Å². The fraction of sp³-hybridized carbons (Fsp3) is 0.333. The molecular formula is C24H22N2O10. The summed E-state index contributed by atoms with van der Waals surface area (Å²) in [4.78, 5) is 72.8. The second kappa shape index (κ2) is 11.3. The largest absolute Gasteiger partial charge is 0.463 e. The number of esters is 3. The standard InChI is InChI=1S/C24H22N2O10/c1-13(28)33-12-19-20(34-14(2)29)21(35-15(3)30)23(36-19)26-10-18(22(31)25-24(26)32)9-8-16-4-6-17(11-27)7-5-16/h4-7,10-11,19-21,23H,12H2,1-3H3,(H,25,31,32)/t19-,20-,21-,23-/m1/s1. The second-order valence-electron chi connectivity index (χ2n) is 7.71. The first kappa shape index (κ1) is 26.1. The van der Waals surface area contributed by atoms with Crippen molar-refractivity contribution >= 4 is 24.2 Å². The molecule has 1 aliphatic heterocycles. The van der Waals surface area contributed by atoms with Crippen LogP contribution in [0.25, 0.3) is 0 Å². The van der Waals surface area contributed by atoms with Gasteiger partial charge < -0.3 is 18.9 Å². The van der Waals surface area contributed by atoms with E-state index in [2.05, 4.69) is 16.8 Å². The number of carbonyl (C=O) groups excluding carboxylic acids is 4. The Morgan fingerprint density at radius 1 is 1.00 bits per heavy atom. The Balaban J connectivity index is 2.02. The Morgan fingerprint density at radius 3 is 2.22 bits per heavy atom. The molecule has 0 radical (unpaired) electrons. The predicted octanol–water partition coefficient (Wildman–Crippen LogP) is 0.0728. The fourth-order valence-corrected chi connectivity index (χ4v) is 3.46. The normalized spacial score (nSPS) is 20.5. The summed E-state index contributed by atoms with van der Waals surface area (Å²) in [7, 11) is 0. The first-order valence-corrected chi connectivity index (χ1v) is 10.6. The van der Waals surface area contributed by atoms with Crippen LogP contribution in [0, 0.1) is 11.8 Å². The SMILES string of the molecule is CC(=O)OC[C@H]1O[C@@H](n2cc(C#Cc3ccc(C=O)cc3)c(=O)[nH]c2=O)[C@H](OC(C)=O)[C@@H]1OC(C)=O. The summed E-state index contributed by atoms with van der Waals surface area (Å²) >= 11 is 0. The molecule has 0 bridgehead atoms. The number of benzene rings is 1. The van der Waals surface area contributed by atoms with Crippen LogP contribution in [-0.4, -0.2) is 58.7 Å². The number of ether oxygens (including phenoxy) is 4. The van der Waals surface area contributed by atoms with Gasteiger partial charge in [-0.1, -0.05) is 24.0 Å². The Kier molecular flexibility index (Phi) is 8.18. The van der Waals surface area contributed by atoms with Crippen LogP contribution in [0.2, 0.25) is 0 Å². The van der Waals surface area contributed by atoms with Crippen LogP contribution in [0.1, 0.15) is 48.5 Å². The lowest BCUT2D eigenvalue weighted by Gasteiger charge is -2.23. The van der Waals surface area contributed by atoms with Crippen molar-refractivity contribution in [2.24, 2.45) is 0 Å². The molecule has 1 aromatic heterocycles. The first-order chi connectivity index (χ1) is 17.1. The Morgan fingerprint density at radius 2 is 1.64 bits per heavy atom. The minimum Gasteiger partial charge on any atom is -0.463 e. The zero-order valence-electron chi connectivity index (χ0n) is 19.5. The van der Waals surface area contributed by atoms with Crippen molar-refractivity contribution < 1.29 is 38.1 Å². The molecule has 1 fully saturated rings. The van der Waals surface area contributed by atoms with Crippen molar-refractivity contribution in [1.29, 1.82) is 0 Å². The highest BCUT2D eigenvalue weighted by Crippen LogP contribution is 2.33. The van der Waals surface area contributed by atoms with Gasteiger partial charge >= 0.3 is 23.6 Å². The van der Waals surface area contributed by atoms with Gasteiger partial charge in [0.2, 0.25) is 0 Å². The monoisotopic (exact) mass is 498 g/mol. The number of aromatic amines is 1. The van der Waals surface area contributed by atoms with Gasteiger partial charge in [-0.15, -0.1) is 0 Å². The van der Waals surface area contributed by atoms with Gasteiger partial charge in [-0.3, -0.25) is 33.5 Å². The van der Waals surface area contributed by atoms with Crippen molar-refractivity contribution in [3.05, 3.63) is 68.0 Å². The molecule has 12 nitrogen and oxygen atoms in total. The van der Waals surface area contributed by atoms with E-state index in [1.807, 2.05) is 0 Å². The van der Waals surface area contributed by atoms with Gasteiger partial charge in [-0.2, -0.15) is 0 Å². The summed E-state index contributed by atoms with van der Waals surface area (Å²) in [6, 6.07) is 6.27. The second-order valence-corrected chi connectivity index (χ2v) is 7.71. The van der Waals surface area contributed by atoms with Crippen molar-refractivity contribution in [2.75, 3.05) is 6.61 Å². The van der Waals surface area contributed by atoms with Crippen molar-refractivity contribution in [1.82, 2.24) is 9.55 Å². The van der Waals surface area contributed by atoms with Gasteiger partial charge in [0.15, 0.2) is 18.4 Å². The number of aldehydes is 1. The Hall–Kier alpha value is -4.50. The highest BCUT2D eigenvalue weighted by atomic mass is 16.7. The lowest BCUT2D eigenvalue weighted by molar-refractivity contribution is -0.166. The molecule has 12 heteroatoms. The summed E-state index contributed by atoms with van der Waals surface area (Å²) in [5.74, 6) is 3.29. The number of nitrogens with zero attached hydrogens (tertiary/aromatic N) is 1. The molecule has 1 saturated heterocycles. The molecule has 2 heterocycles. The van der Waals surface area contributed by atoms with Crippen molar-refractivity contribution in [3.63, 3.8) is 0 Å². The smallest absolute Gasteiger partial charge is 0.330 e. The molecule has 188 valence electrons. The molecule has 0 unspecified atom stereocenters. The number of hydrogen-bond donors (Lipinski definition) is 1. The molecule has 0 saturated carbocycles. The van der Waals surface area contributed by atoms with Crippen LogP contribution in [0.4, 0.5) is 0 Å². The number of aromatic nitrogens is 2. The summed E-state index contributed by atoms with van der Waals surface area (Å²) < 4.78 is 22.3. The van der Waals surface area contributed by atoms with Crippen LogP contribution in [-0.2, 0) is 33.3 Å². The highest BCUT2D eigenvalue weighted by molar-refractivity contribution is 5.74. The van der Waals surface area contributed by atoms with Gasteiger partial charge in [0.05, 0.1) is 0 Å². The average Bonchev–Trinajstić information content (AvgIpc) is 3.13. The maximum Gasteiger partial charge on any atom is 0.330 e. The highest BCUT2D eigenvalue weighted by Gasteiger charge is 2.51. The molecular weight excluding hydrogens is 476 g/mol. The molecule has 1 aliphatic rings. The third-order valence-corrected chi connectivity index (χ3v) is 4.97. The van der Waals surface area contributed by atoms with E-state index in [1.165, 1.54) is 6.92 Å². The fourth-order valence-electron chi connectivity index (χ4n) is 3.46. The topological polar surface area (TPSA) is 160 Å². The molecule has 0 aliphatic carbocycles. The molecule has 2 aromatic rings. The molecule has 1 aromatic carbocycles. The number of carbonyl (C=O) groups is 4. The third-order valence-electron chi connectivity index (χ3n) is 4.97. The zero-order valence-corrected chi connectivity index (χ0v) is 19.5. The Bertz CT molecular complexity index is 1350. The average molecular weight is 498 g/mol. The zero-order chi connectivity index (χ0) is 26.4. The lowest BCUT2D eigenvalue weighted by atomic mass is 10.1.